The molecule has 0 aromatic carbocycles. The van der Waals surface area contributed by atoms with E-state index >= 15 is 0 Å². The average molecular weight is 236 g/mol. The van der Waals surface area contributed by atoms with Gasteiger partial charge in [0.2, 0.25) is 0 Å². The topological polar surface area (TPSA) is 63.0 Å². The molecule has 0 saturated carbocycles. The quantitative estimate of drug-likeness (QED) is 0.729. The van der Waals surface area contributed by atoms with E-state index in [1.165, 1.54) is 11.8 Å². The van der Waals surface area contributed by atoms with E-state index in [1.807, 2.05) is 12.1 Å². The van der Waals surface area contributed by atoms with Gasteiger partial charge in [0.1, 0.15) is 11.8 Å². The molecule has 0 aliphatic heterocycles. The Morgan fingerprint density at radius 2 is 2.50 bits per heavy atom. The predicted molar refractivity (Wildman–Crippen MR) is 61.7 cm³/mol. The van der Waals surface area contributed by atoms with Gasteiger partial charge in [-0.2, -0.15) is 5.26 Å². The van der Waals surface area contributed by atoms with Gasteiger partial charge in [-0.15, -0.1) is 11.8 Å². The number of rotatable bonds is 5. The summed E-state index contributed by atoms with van der Waals surface area (Å²) in [6.07, 6.45) is 1.60. The van der Waals surface area contributed by atoms with Crippen LogP contribution in [0.5, 0.6) is 0 Å². The molecule has 0 unspecified atom stereocenters. The molecule has 5 heteroatoms. The van der Waals surface area contributed by atoms with E-state index in [0.29, 0.717) is 23.8 Å². The Morgan fingerprint density at radius 1 is 1.69 bits per heavy atom. The number of thioether (sulfide) groups is 1. The molecule has 0 aliphatic carbocycles. The number of pyridine rings is 1. The number of aromatic nitrogens is 1. The molecule has 0 fully saturated rings. The number of carbonyl (C=O) groups is 1. The van der Waals surface area contributed by atoms with Crippen LogP contribution in [0.1, 0.15) is 18.2 Å². The smallest absolute Gasteiger partial charge is 0.315 e. The maximum absolute atomic E-state index is 11.0. The van der Waals surface area contributed by atoms with Crippen molar-refractivity contribution in [2.75, 3.05) is 12.4 Å². The molecule has 1 heterocycles. The van der Waals surface area contributed by atoms with E-state index in [9.17, 15) is 4.79 Å². The summed E-state index contributed by atoms with van der Waals surface area (Å²) in [5.74, 6) is 0.802. The largest absolute Gasteiger partial charge is 0.465 e. The molecule has 0 atom stereocenters. The molecular weight excluding hydrogens is 224 g/mol. The molecule has 1 aromatic heterocycles. The monoisotopic (exact) mass is 236 g/mol. The fourth-order valence-corrected chi connectivity index (χ4v) is 1.85. The first-order chi connectivity index (χ1) is 7.76. The average Bonchev–Trinajstić information content (AvgIpc) is 2.30. The van der Waals surface area contributed by atoms with Crippen molar-refractivity contribution in [3.05, 3.63) is 29.6 Å². The third kappa shape index (κ3) is 4.32. The minimum absolute atomic E-state index is 0.206. The number of hydrogen-bond acceptors (Lipinski definition) is 5. The number of hydrogen-bond donors (Lipinski definition) is 0. The Kier molecular flexibility index (Phi) is 5.37. The lowest BCUT2D eigenvalue weighted by atomic mass is 10.2. The lowest BCUT2D eigenvalue weighted by Crippen LogP contribution is -2.06. The van der Waals surface area contributed by atoms with Gasteiger partial charge in [-0.05, 0) is 24.6 Å². The fourth-order valence-electron chi connectivity index (χ4n) is 1.08. The first-order valence-electron chi connectivity index (χ1n) is 4.84. The van der Waals surface area contributed by atoms with Crippen LogP contribution in [0.2, 0.25) is 0 Å². The molecule has 16 heavy (non-hydrogen) atoms. The first-order valence-corrected chi connectivity index (χ1v) is 6.00. The summed E-state index contributed by atoms with van der Waals surface area (Å²) >= 11 is 1.46. The summed E-state index contributed by atoms with van der Waals surface area (Å²) in [5, 5.41) is 8.65. The number of carbonyl (C=O) groups excluding carboxylic acids is 1. The molecular formula is C11H12N2O2S. The standard InChI is InChI=1S/C11H12N2O2S/c1-2-15-11(14)8-16-7-9-3-4-13-10(5-9)6-12/h3-5H,2,7-8H2,1H3. The zero-order valence-corrected chi connectivity index (χ0v) is 9.79. The highest BCUT2D eigenvalue weighted by Gasteiger charge is 2.02. The van der Waals surface area contributed by atoms with Gasteiger partial charge in [-0.3, -0.25) is 4.79 Å². The molecule has 0 amide bonds. The van der Waals surface area contributed by atoms with Crippen molar-refractivity contribution in [2.24, 2.45) is 0 Å². The summed E-state index contributed by atoms with van der Waals surface area (Å²) in [5.41, 5.74) is 1.38. The van der Waals surface area contributed by atoms with Gasteiger partial charge in [0.15, 0.2) is 0 Å². The van der Waals surface area contributed by atoms with Gasteiger partial charge in [-0.1, -0.05) is 0 Å². The normalized spacial score (nSPS) is 9.50. The number of nitrogens with zero attached hydrogens (tertiary/aromatic N) is 2. The summed E-state index contributed by atoms with van der Waals surface area (Å²) < 4.78 is 4.80. The summed E-state index contributed by atoms with van der Waals surface area (Å²) in [7, 11) is 0. The zero-order chi connectivity index (χ0) is 11.8. The molecule has 4 nitrogen and oxygen atoms in total. The molecule has 1 rings (SSSR count). The van der Waals surface area contributed by atoms with Gasteiger partial charge < -0.3 is 4.74 Å². The minimum Gasteiger partial charge on any atom is -0.465 e. The SMILES string of the molecule is CCOC(=O)CSCc1ccnc(C#N)c1. The molecule has 84 valence electrons. The lowest BCUT2D eigenvalue weighted by molar-refractivity contribution is -0.139. The molecule has 0 saturated heterocycles. The Labute approximate surface area is 98.6 Å². The second-order valence-electron chi connectivity index (χ2n) is 2.96. The number of ether oxygens (including phenoxy) is 1. The molecule has 0 radical (unpaired) electrons. The summed E-state index contributed by atoms with van der Waals surface area (Å²) in [6.45, 7) is 2.19. The Morgan fingerprint density at radius 3 is 3.19 bits per heavy atom. The van der Waals surface area contributed by atoms with Crippen LogP contribution in [-0.2, 0) is 15.3 Å². The van der Waals surface area contributed by atoms with E-state index in [0.717, 1.165) is 5.56 Å². The van der Waals surface area contributed by atoms with Crippen molar-refractivity contribution in [3.63, 3.8) is 0 Å². The van der Waals surface area contributed by atoms with Crippen molar-refractivity contribution < 1.29 is 9.53 Å². The van der Waals surface area contributed by atoms with Crippen LogP contribution in [0.25, 0.3) is 0 Å². The van der Waals surface area contributed by atoms with Crippen LogP contribution in [0.3, 0.4) is 0 Å². The highest BCUT2D eigenvalue weighted by Crippen LogP contribution is 2.12. The van der Waals surface area contributed by atoms with Gasteiger partial charge in [0.05, 0.1) is 12.4 Å². The van der Waals surface area contributed by atoms with Crippen molar-refractivity contribution in [2.45, 2.75) is 12.7 Å². The Balaban J connectivity index is 2.37. The van der Waals surface area contributed by atoms with Crippen LogP contribution in [-0.4, -0.2) is 23.3 Å². The second kappa shape index (κ2) is 6.85. The van der Waals surface area contributed by atoms with Gasteiger partial charge in [-0.25, -0.2) is 4.98 Å². The number of nitriles is 1. The molecule has 0 spiro atoms. The van der Waals surface area contributed by atoms with Crippen molar-refractivity contribution in [1.82, 2.24) is 4.98 Å². The third-order valence-electron chi connectivity index (χ3n) is 1.73. The van der Waals surface area contributed by atoms with Gasteiger partial charge in [0.25, 0.3) is 0 Å². The highest BCUT2D eigenvalue weighted by molar-refractivity contribution is 7.99. The van der Waals surface area contributed by atoms with E-state index < -0.39 is 0 Å². The molecule has 1 aromatic rings. The predicted octanol–water partition coefficient (Wildman–Crippen LogP) is 1.75. The lowest BCUT2D eigenvalue weighted by Gasteiger charge is -2.02. The third-order valence-corrected chi connectivity index (χ3v) is 2.71. The first kappa shape index (κ1) is 12.5. The Hall–Kier alpha value is -1.54. The zero-order valence-electron chi connectivity index (χ0n) is 8.97. The molecule has 0 aliphatic rings. The Bertz CT molecular complexity index is 401. The van der Waals surface area contributed by atoms with E-state index in [4.69, 9.17) is 10.00 Å². The maximum atomic E-state index is 11.0. The van der Waals surface area contributed by atoms with E-state index in [-0.39, 0.29) is 5.97 Å². The molecule has 0 bridgehead atoms. The maximum Gasteiger partial charge on any atom is 0.315 e. The van der Waals surface area contributed by atoms with Crippen molar-refractivity contribution in [1.29, 1.82) is 5.26 Å². The van der Waals surface area contributed by atoms with Crippen LogP contribution in [0.4, 0.5) is 0 Å². The van der Waals surface area contributed by atoms with Crippen LogP contribution >= 0.6 is 11.8 Å². The summed E-state index contributed by atoms with van der Waals surface area (Å²) in [4.78, 5) is 14.9. The van der Waals surface area contributed by atoms with Crippen LogP contribution < -0.4 is 0 Å². The van der Waals surface area contributed by atoms with E-state index in [2.05, 4.69) is 4.98 Å². The van der Waals surface area contributed by atoms with E-state index in [1.54, 1.807) is 19.2 Å². The van der Waals surface area contributed by atoms with Gasteiger partial charge in [0, 0.05) is 11.9 Å². The summed E-state index contributed by atoms with van der Waals surface area (Å²) in [6, 6.07) is 5.53. The number of esters is 1. The molecule has 0 N–H and O–H groups in total. The second-order valence-corrected chi connectivity index (χ2v) is 3.94. The van der Waals surface area contributed by atoms with Crippen molar-refractivity contribution >= 4 is 17.7 Å². The highest BCUT2D eigenvalue weighted by atomic mass is 32.2. The fraction of sp³-hybridized carbons (Fsp3) is 0.364. The van der Waals surface area contributed by atoms with Crippen molar-refractivity contribution in [3.8, 4) is 6.07 Å². The van der Waals surface area contributed by atoms with Gasteiger partial charge >= 0.3 is 5.97 Å². The minimum atomic E-state index is -0.206. The van der Waals surface area contributed by atoms with Crippen LogP contribution in [0.15, 0.2) is 18.3 Å². The van der Waals surface area contributed by atoms with Crippen LogP contribution in [0, 0.1) is 11.3 Å².